The Morgan fingerprint density at radius 2 is 1.95 bits per heavy atom. The molecule has 3 unspecified atom stereocenters. The average Bonchev–Trinajstić information content (AvgIpc) is 2.45. The Balaban J connectivity index is 1.75. The summed E-state index contributed by atoms with van der Waals surface area (Å²) in [6.45, 7) is 5.63. The quantitative estimate of drug-likeness (QED) is 0.823. The van der Waals surface area contributed by atoms with Crippen LogP contribution >= 0.6 is 0 Å². The van der Waals surface area contributed by atoms with E-state index in [-0.39, 0.29) is 6.03 Å². The lowest BCUT2D eigenvalue weighted by Crippen LogP contribution is -2.47. The maximum Gasteiger partial charge on any atom is 0.317 e. The maximum atomic E-state index is 12.2. The van der Waals surface area contributed by atoms with Gasteiger partial charge in [-0.25, -0.2) is 4.79 Å². The fourth-order valence-electron chi connectivity index (χ4n) is 3.57. The molecule has 0 spiro atoms. The number of carbonyl (C=O) groups excluding carboxylic acids is 1. The van der Waals surface area contributed by atoms with Gasteiger partial charge in [0.1, 0.15) is 0 Å². The van der Waals surface area contributed by atoms with Crippen LogP contribution in [0.15, 0.2) is 0 Å². The molecule has 4 heteroatoms. The smallest absolute Gasteiger partial charge is 0.317 e. The van der Waals surface area contributed by atoms with E-state index < -0.39 is 0 Å². The van der Waals surface area contributed by atoms with E-state index in [9.17, 15) is 4.79 Å². The van der Waals surface area contributed by atoms with Crippen LogP contribution in [0, 0.1) is 17.8 Å². The van der Waals surface area contributed by atoms with Crippen molar-refractivity contribution in [2.75, 3.05) is 26.2 Å². The van der Waals surface area contributed by atoms with Gasteiger partial charge >= 0.3 is 6.03 Å². The summed E-state index contributed by atoms with van der Waals surface area (Å²) in [6, 6.07) is 0.132. The molecule has 4 nitrogen and oxygen atoms in total. The summed E-state index contributed by atoms with van der Waals surface area (Å²) in [6.07, 6.45) is 7.44. The van der Waals surface area contributed by atoms with E-state index in [1.54, 1.807) is 0 Å². The molecule has 2 fully saturated rings. The minimum Gasteiger partial charge on any atom is -0.338 e. The minimum atomic E-state index is 0.132. The molecule has 1 heterocycles. The Kier molecular flexibility index (Phi) is 5.49. The van der Waals surface area contributed by atoms with Gasteiger partial charge in [0.05, 0.1) is 0 Å². The van der Waals surface area contributed by atoms with Crippen LogP contribution in [0.5, 0.6) is 0 Å². The molecule has 1 saturated carbocycles. The zero-order valence-electron chi connectivity index (χ0n) is 12.2. The van der Waals surface area contributed by atoms with E-state index in [2.05, 4.69) is 12.2 Å². The molecule has 0 aromatic heterocycles. The summed E-state index contributed by atoms with van der Waals surface area (Å²) >= 11 is 0. The number of hydrogen-bond donors (Lipinski definition) is 2. The van der Waals surface area contributed by atoms with Crippen molar-refractivity contribution in [2.24, 2.45) is 23.5 Å². The molecule has 2 amide bonds. The number of amides is 2. The van der Waals surface area contributed by atoms with E-state index in [4.69, 9.17) is 5.73 Å². The molecule has 110 valence electrons. The molecule has 0 radical (unpaired) electrons. The highest BCUT2D eigenvalue weighted by Gasteiger charge is 2.26. The third kappa shape index (κ3) is 4.10. The van der Waals surface area contributed by atoms with Crippen molar-refractivity contribution in [1.29, 1.82) is 0 Å². The van der Waals surface area contributed by atoms with Crippen LogP contribution in [-0.2, 0) is 0 Å². The van der Waals surface area contributed by atoms with E-state index in [0.717, 1.165) is 32.6 Å². The summed E-state index contributed by atoms with van der Waals surface area (Å²) in [5.41, 5.74) is 5.84. The molecule has 19 heavy (non-hydrogen) atoms. The van der Waals surface area contributed by atoms with Gasteiger partial charge < -0.3 is 16.0 Å². The first-order valence-electron chi connectivity index (χ1n) is 7.93. The Labute approximate surface area is 117 Å². The molecule has 1 saturated heterocycles. The lowest BCUT2D eigenvalue weighted by atomic mass is 9.79. The second kappa shape index (κ2) is 7.13. The number of rotatable bonds is 3. The monoisotopic (exact) mass is 267 g/mol. The molecule has 1 aliphatic carbocycles. The first-order chi connectivity index (χ1) is 9.20. The number of piperidine rings is 1. The molecular weight excluding hydrogens is 238 g/mol. The standard InChI is InChI=1S/C15H29N3O/c1-12-5-4-8-18(11-12)15(19)17-10-14-7-3-2-6-13(14)9-16/h12-14H,2-11,16H2,1H3,(H,17,19). The minimum absolute atomic E-state index is 0.132. The summed E-state index contributed by atoms with van der Waals surface area (Å²) in [5.74, 6) is 1.84. The molecule has 3 N–H and O–H groups in total. The molecule has 0 bridgehead atoms. The lowest BCUT2D eigenvalue weighted by molar-refractivity contribution is 0.163. The van der Waals surface area contributed by atoms with Gasteiger partial charge in [-0.15, -0.1) is 0 Å². The molecule has 2 rings (SSSR count). The highest BCUT2D eigenvalue weighted by atomic mass is 16.2. The molecule has 0 aromatic carbocycles. The van der Waals surface area contributed by atoms with Crippen molar-refractivity contribution in [2.45, 2.75) is 45.4 Å². The number of nitrogens with zero attached hydrogens (tertiary/aromatic N) is 1. The highest BCUT2D eigenvalue weighted by molar-refractivity contribution is 5.74. The van der Waals surface area contributed by atoms with Gasteiger partial charge in [-0.3, -0.25) is 0 Å². The predicted octanol–water partition coefficient (Wildman–Crippen LogP) is 2.19. The van der Waals surface area contributed by atoms with Crippen LogP contribution in [0.3, 0.4) is 0 Å². The largest absolute Gasteiger partial charge is 0.338 e. The van der Waals surface area contributed by atoms with Crippen LogP contribution in [0.1, 0.15) is 45.4 Å². The van der Waals surface area contributed by atoms with Gasteiger partial charge in [0.25, 0.3) is 0 Å². The predicted molar refractivity (Wildman–Crippen MR) is 77.9 cm³/mol. The first kappa shape index (κ1) is 14.6. The summed E-state index contributed by atoms with van der Waals surface area (Å²) in [5, 5.41) is 3.14. The number of nitrogens with one attached hydrogen (secondary N) is 1. The Hall–Kier alpha value is -0.770. The third-order valence-corrected chi connectivity index (χ3v) is 4.83. The first-order valence-corrected chi connectivity index (χ1v) is 7.93. The fourth-order valence-corrected chi connectivity index (χ4v) is 3.57. The Bertz CT molecular complexity index is 295. The van der Waals surface area contributed by atoms with Gasteiger partial charge in [0, 0.05) is 19.6 Å². The van der Waals surface area contributed by atoms with Crippen molar-refractivity contribution < 1.29 is 4.79 Å². The second-order valence-corrected chi connectivity index (χ2v) is 6.42. The second-order valence-electron chi connectivity index (χ2n) is 6.42. The Morgan fingerprint density at radius 3 is 2.63 bits per heavy atom. The van der Waals surface area contributed by atoms with E-state index >= 15 is 0 Å². The number of urea groups is 1. The van der Waals surface area contributed by atoms with Crippen molar-refractivity contribution in [1.82, 2.24) is 10.2 Å². The average molecular weight is 267 g/mol. The molecule has 1 aliphatic heterocycles. The number of carbonyl (C=O) groups is 1. The van der Waals surface area contributed by atoms with Gasteiger partial charge in [-0.1, -0.05) is 19.8 Å². The molecule has 3 atom stereocenters. The van der Waals surface area contributed by atoms with Crippen molar-refractivity contribution in [3.8, 4) is 0 Å². The van der Waals surface area contributed by atoms with Crippen molar-refractivity contribution in [3.63, 3.8) is 0 Å². The van der Waals surface area contributed by atoms with E-state index in [0.29, 0.717) is 17.8 Å². The topological polar surface area (TPSA) is 58.4 Å². The van der Waals surface area contributed by atoms with Crippen molar-refractivity contribution in [3.05, 3.63) is 0 Å². The van der Waals surface area contributed by atoms with Crippen LogP contribution < -0.4 is 11.1 Å². The lowest BCUT2D eigenvalue weighted by Gasteiger charge is -2.34. The van der Waals surface area contributed by atoms with E-state index in [1.807, 2.05) is 4.90 Å². The summed E-state index contributed by atoms with van der Waals surface area (Å²) in [4.78, 5) is 14.1. The maximum absolute atomic E-state index is 12.2. The van der Waals surface area contributed by atoms with Gasteiger partial charge in [-0.05, 0) is 50.0 Å². The molecular formula is C15H29N3O. The van der Waals surface area contributed by atoms with Crippen LogP contribution in [0.25, 0.3) is 0 Å². The summed E-state index contributed by atoms with van der Waals surface area (Å²) in [7, 11) is 0. The number of hydrogen-bond acceptors (Lipinski definition) is 2. The third-order valence-electron chi connectivity index (χ3n) is 4.83. The summed E-state index contributed by atoms with van der Waals surface area (Å²) < 4.78 is 0. The number of likely N-dealkylation sites (tertiary alicyclic amines) is 1. The fraction of sp³-hybridized carbons (Fsp3) is 0.933. The van der Waals surface area contributed by atoms with Crippen LogP contribution in [0.4, 0.5) is 4.79 Å². The molecule has 0 aromatic rings. The van der Waals surface area contributed by atoms with E-state index in [1.165, 1.54) is 32.1 Å². The molecule has 2 aliphatic rings. The Morgan fingerprint density at radius 1 is 1.21 bits per heavy atom. The highest BCUT2D eigenvalue weighted by Crippen LogP contribution is 2.28. The zero-order chi connectivity index (χ0) is 13.7. The van der Waals surface area contributed by atoms with Crippen LogP contribution in [-0.4, -0.2) is 37.1 Å². The van der Waals surface area contributed by atoms with Gasteiger partial charge in [-0.2, -0.15) is 0 Å². The van der Waals surface area contributed by atoms with Crippen LogP contribution in [0.2, 0.25) is 0 Å². The SMILES string of the molecule is CC1CCCN(C(=O)NCC2CCCCC2CN)C1. The van der Waals surface area contributed by atoms with Gasteiger partial charge in [0.2, 0.25) is 0 Å². The van der Waals surface area contributed by atoms with Crippen molar-refractivity contribution >= 4 is 6.03 Å². The number of nitrogens with two attached hydrogens (primary N) is 1. The van der Waals surface area contributed by atoms with Gasteiger partial charge in [0.15, 0.2) is 0 Å². The zero-order valence-corrected chi connectivity index (χ0v) is 12.2. The normalized spacial score (nSPS) is 32.1.